The molecule has 5 heteroatoms. The van der Waals surface area contributed by atoms with Gasteiger partial charge in [-0.15, -0.1) is 0 Å². The number of carbonyl (C=O) groups is 2. The van der Waals surface area contributed by atoms with Crippen LogP contribution in [0, 0.1) is 5.41 Å². The number of likely N-dealkylation sites (tertiary alicyclic amines) is 1. The van der Waals surface area contributed by atoms with Crippen LogP contribution in [0.4, 0.5) is 0 Å². The molecule has 1 aliphatic carbocycles. The SMILES string of the molecule is CCCCOc1ccccc1[C@@H]1C(C(=O)N2CCCCC2)=C(C)NC2=C1C(=O)CC(C)(C)C2. The normalized spacial score (nSPS) is 22.7. The first-order valence-electron chi connectivity index (χ1n) is 12.6. The summed E-state index contributed by atoms with van der Waals surface area (Å²) in [5.41, 5.74) is 4.12. The quantitative estimate of drug-likeness (QED) is 0.583. The molecule has 0 radical (unpaired) electrons. The van der Waals surface area contributed by atoms with Gasteiger partial charge in [0, 0.05) is 47.6 Å². The third-order valence-electron chi connectivity index (χ3n) is 7.10. The maximum atomic E-state index is 13.9. The zero-order valence-corrected chi connectivity index (χ0v) is 20.6. The Kier molecular flexibility index (Phi) is 6.96. The van der Waals surface area contributed by atoms with Gasteiger partial charge in [-0.05, 0) is 50.5 Å². The maximum absolute atomic E-state index is 13.9. The lowest BCUT2D eigenvalue weighted by molar-refractivity contribution is -0.128. The van der Waals surface area contributed by atoms with Crippen LogP contribution in [0.3, 0.4) is 0 Å². The second kappa shape index (κ2) is 9.74. The molecule has 1 amide bonds. The number of hydrogen-bond donors (Lipinski definition) is 1. The van der Waals surface area contributed by atoms with Crippen molar-refractivity contribution in [1.29, 1.82) is 0 Å². The van der Waals surface area contributed by atoms with E-state index in [0.717, 1.165) is 73.5 Å². The van der Waals surface area contributed by atoms with Gasteiger partial charge in [-0.1, -0.05) is 45.4 Å². The largest absolute Gasteiger partial charge is 0.493 e. The number of benzene rings is 1. The standard InChI is InChI=1S/C28H38N2O3/c1-5-6-16-33-23-13-9-8-12-20(23)25-24(27(32)30-14-10-7-11-15-30)19(2)29-21-17-28(3,4)18-22(31)26(21)25/h8-9,12-13,25,29H,5-7,10-11,14-18H2,1-4H3/t25-/m1/s1. The average Bonchev–Trinajstić information content (AvgIpc) is 2.78. The minimum absolute atomic E-state index is 0.0530. The van der Waals surface area contributed by atoms with Gasteiger partial charge in [0.05, 0.1) is 12.5 Å². The lowest BCUT2D eigenvalue weighted by atomic mass is 9.68. The third kappa shape index (κ3) is 4.87. The summed E-state index contributed by atoms with van der Waals surface area (Å²) in [5, 5.41) is 3.50. The first-order valence-corrected chi connectivity index (χ1v) is 12.6. The Balaban J connectivity index is 1.82. The molecule has 1 aromatic carbocycles. The summed E-state index contributed by atoms with van der Waals surface area (Å²) >= 11 is 0. The molecule has 4 rings (SSSR count). The highest BCUT2D eigenvalue weighted by molar-refractivity contribution is 6.05. The van der Waals surface area contributed by atoms with Crippen molar-refractivity contribution in [3.05, 3.63) is 52.4 Å². The molecule has 0 unspecified atom stereocenters. The molecular formula is C28H38N2O3. The number of carbonyl (C=O) groups excluding carboxylic acids is 2. The molecule has 2 heterocycles. The van der Waals surface area contributed by atoms with Gasteiger partial charge in [-0.2, -0.15) is 0 Å². The van der Waals surface area contributed by atoms with E-state index in [0.29, 0.717) is 18.6 Å². The van der Waals surface area contributed by atoms with Gasteiger partial charge in [0.2, 0.25) is 0 Å². The molecule has 1 fully saturated rings. The Morgan fingerprint density at radius 2 is 1.88 bits per heavy atom. The third-order valence-corrected chi connectivity index (χ3v) is 7.10. The van der Waals surface area contributed by atoms with E-state index >= 15 is 0 Å². The van der Waals surface area contributed by atoms with Gasteiger partial charge in [0.25, 0.3) is 5.91 Å². The number of unbranched alkanes of at least 4 members (excludes halogenated alkanes) is 1. The lowest BCUT2D eigenvalue weighted by Crippen LogP contribution is -2.43. The van der Waals surface area contributed by atoms with E-state index in [1.165, 1.54) is 6.42 Å². The van der Waals surface area contributed by atoms with Gasteiger partial charge in [0.15, 0.2) is 5.78 Å². The van der Waals surface area contributed by atoms with Crippen molar-refractivity contribution in [3.8, 4) is 5.75 Å². The molecule has 33 heavy (non-hydrogen) atoms. The molecule has 1 aromatic rings. The summed E-state index contributed by atoms with van der Waals surface area (Å²) in [7, 11) is 0. The highest BCUT2D eigenvalue weighted by atomic mass is 16.5. The van der Waals surface area contributed by atoms with Crippen LogP contribution in [0.5, 0.6) is 5.75 Å². The molecule has 1 N–H and O–H groups in total. The van der Waals surface area contributed by atoms with E-state index in [2.05, 4.69) is 26.1 Å². The smallest absolute Gasteiger partial charge is 0.252 e. The first kappa shape index (κ1) is 23.6. The molecule has 0 spiro atoms. The Morgan fingerprint density at radius 3 is 2.61 bits per heavy atom. The minimum atomic E-state index is -0.392. The van der Waals surface area contributed by atoms with Crippen molar-refractivity contribution < 1.29 is 14.3 Å². The Labute approximate surface area is 198 Å². The van der Waals surface area contributed by atoms with E-state index in [9.17, 15) is 9.59 Å². The van der Waals surface area contributed by atoms with Gasteiger partial charge in [-0.25, -0.2) is 0 Å². The zero-order valence-electron chi connectivity index (χ0n) is 20.6. The summed E-state index contributed by atoms with van der Waals surface area (Å²) in [4.78, 5) is 29.4. The second-order valence-electron chi connectivity index (χ2n) is 10.5. The van der Waals surface area contributed by atoms with Crippen LogP contribution < -0.4 is 10.1 Å². The molecular weight excluding hydrogens is 412 g/mol. The number of hydrogen-bond acceptors (Lipinski definition) is 4. The van der Waals surface area contributed by atoms with Crippen LogP contribution in [0.15, 0.2) is 46.8 Å². The number of Topliss-reactive ketones (excluding diaryl/α,β-unsaturated/α-hetero) is 1. The number of allylic oxidation sites excluding steroid dienone is 3. The van der Waals surface area contributed by atoms with Crippen molar-refractivity contribution in [2.45, 2.75) is 78.6 Å². The van der Waals surface area contributed by atoms with E-state index in [4.69, 9.17) is 4.74 Å². The molecule has 0 saturated carbocycles. The van der Waals surface area contributed by atoms with Crippen LogP contribution in [0.25, 0.3) is 0 Å². The number of ketones is 1. The number of nitrogens with one attached hydrogen (secondary N) is 1. The fourth-order valence-corrected chi connectivity index (χ4v) is 5.47. The number of ether oxygens (including phenoxy) is 1. The van der Waals surface area contributed by atoms with Crippen molar-refractivity contribution >= 4 is 11.7 Å². The molecule has 1 atom stereocenters. The molecule has 0 aromatic heterocycles. The molecule has 1 saturated heterocycles. The van der Waals surface area contributed by atoms with Gasteiger partial charge in [0.1, 0.15) is 5.75 Å². The van der Waals surface area contributed by atoms with Gasteiger partial charge in [-0.3, -0.25) is 9.59 Å². The fourth-order valence-electron chi connectivity index (χ4n) is 5.47. The van der Waals surface area contributed by atoms with Crippen LogP contribution in [0.2, 0.25) is 0 Å². The number of amides is 1. The fraction of sp³-hybridized carbons (Fsp3) is 0.571. The van der Waals surface area contributed by atoms with Crippen molar-refractivity contribution in [2.24, 2.45) is 5.41 Å². The van der Waals surface area contributed by atoms with Crippen LogP contribution >= 0.6 is 0 Å². The minimum Gasteiger partial charge on any atom is -0.493 e. The highest BCUT2D eigenvalue weighted by Crippen LogP contribution is 2.48. The topological polar surface area (TPSA) is 58.6 Å². The average molecular weight is 451 g/mol. The summed E-state index contributed by atoms with van der Waals surface area (Å²) < 4.78 is 6.19. The van der Waals surface area contributed by atoms with Crippen LogP contribution in [-0.4, -0.2) is 36.3 Å². The van der Waals surface area contributed by atoms with E-state index < -0.39 is 5.92 Å². The summed E-state index contributed by atoms with van der Waals surface area (Å²) in [6.07, 6.45) is 6.55. The lowest BCUT2D eigenvalue weighted by Gasteiger charge is -2.41. The number of para-hydroxylation sites is 1. The first-order chi connectivity index (χ1) is 15.8. The number of dihydropyridines is 1. The predicted octanol–water partition coefficient (Wildman–Crippen LogP) is 5.48. The molecule has 0 bridgehead atoms. The molecule has 178 valence electrons. The summed E-state index contributed by atoms with van der Waals surface area (Å²) in [6, 6.07) is 7.96. The number of rotatable bonds is 6. The highest BCUT2D eigenvalue weighted by Gasteiger charge is 2.44. The van der Waals surface area contributed by atoms with Crippen molar-refractivity contribution in [2.75, 3.05) is 19.7 Å². The Morgan fingerprint density at radius 1 is 1.15 bits per heavy atom. The van der Waals surface area contributed by atoms with E-state index in [1.807, 2.05) is 36.1 Å². The maximum Gasteiger partial charge on any atom is 0.252 e. The van der Waals surface area contributed by atoms with E-state index in [1.54, 1.807) is 0 Å². The van der Waals surface area contributed by atoms with Crippen LogP contribution in [0.1, 0.15) is 84.1 Å². The summed E-state index contributed by atoms with van der Waals surface area (Å²) in [5.74, 6) is 0.576. The van der Waals surface area contributed by atoms with E-state index in [-0.39, 0.29) is 17.1 Å². The van der Waals surface area contributed by atoms with Gasteiger partial charge >= 0.3 is 0 Å². The Bertz CT molecular complexity index is 983. The second-order valence-corrected chi connectivity index (χ2v) is 10.5. The number of piperidine rings is 1. The van der Waals surface area contributed by atoms with Gasteiger partial charge < -0.3 is 15.0 Å². The monoisotopic (exact) mass is 450 g/mol. The molecule has 2 aliphatic heterocycles. The summed E-state index contributed by atoms with van der Waals surface area (Å²) in [6.45, 7) is 10.6. The zero-order chi connectivity index (χ0) is 23.6. The van der Waals surface area contributed by atoms with Crippen molar-refractivity contribution in [1.82, 2.24) is 10.2 Å². The Hall–Kier alpha value is -2.56. The predicted molar refractivity (Wildman–Crippen MR) is 131 cm³/mol. The number of nitrogens with zero attached hydrogens (tertiary/aromatic N) is 1. The van der Waals surface area contributed by atoms with Crippen LogP contribution in [-0.2, 0) is 9.59 Å². The van der Waals surface area contributed by atoms with Crippen molar-refractivity contribution in [3.63, 3.8) is 0 Å². The molecule has 3 aliphatic rings. The molecule has 5 nitrogen and oxygen atoms in total.